The van der Waals surface area contributed by atoms with E-state index in [9.17, 15) is 0 Å². The highest BCUT2D eigenvalue weighted by atomic mass is 32.1. The van der Waals surface area contributed by atoms with Gasteiger partial charge in [0.05, 0.1) is 11.7 Å². The molecule has 2 aromatic carbocycles. The van der Waals surface area contributed by atoms with E-state index in [1.165, 1.54) is 0 Å². The van der Waals surface area contributed by atoms with Gasteiger partial charge in [0, 0.05) is 35.0 Å². The Hall–Kier alpha value is -3.84. The van der Waals surface area contributed by atoms with Crippen LogP contribution in [0.1, 0.15) is 29.2 Å². The Morgan fingerprint density at radius 2 is 1.73 bits per heavy atom. The van der Waals surface area contributed by atoms with Crippen molar-refractivity contribution in [2.75, 3.05) is 11.7 Å². The first-order valence-corrected chi connectivity index (χ1v) is 11.3. The van der Waals surface area contributed by atoms with Crippen molar-refractivity contribution in [3.05, 3.63) is 102 Å². The van der Waals surface area contributed by atoms with Gasteiger partial charge in [0.1, 0.15) is 6.04 Å². The first kappa shape index (κ1) is 19.8. The van der Waals surface area contributed by atoms with E-state index in [0.29, 0.717) is 5.11 Å². The lowest BCUT2D eigenvalue weighted by atomic mass is 10.0. The molecule has 0 aliphatic carbocycles. The van der Waals surface area contributed by atoms with Gasteiger partial charge in [-0.2, -0.15) is 0 Å². The van der Waals surface area contributed by atoms with E-state index < -0.39 is 0 Å². The van der Waals surface area contributed by atoms with Crippen molar-refractivity contribution in [3.8, 4) is 17.2 Å². The average molecular weight is 455 g/mol. The number of thiocarbonyl (C=S) groups is 1. The summed E-state index contributed by atoms with van der Waals surface area (Å²) in [6, 6.07) is 26.4. The van der Waals surface area contributed by atoms with Crippen molar-refractivity contribution in [3.63, 3.8) is 0 Å². The van der Waals surface area contributed by atoms with Crippen molar-refractivity contribution in [1.82, 2.24) is 14.9 Å². The van der Waals surface area contributed by atoms with Gasteiger partial charge in [-0.25, -0.2) is 0 Å². The number of hydrogen-bond acceptors (Lipinski definition) is 4. The molecule has 6 nitrogen and oxygen atoms in total. The molecule has 7 heteroatoms. The number of aromatic nitrogens is 2. The minimum absolute atomic E-state index is 0.123. The molecule has 2 aliphatic heterocycles. The first-order chi connectivity index (χ1) is 16.2. The molecule has 0 bridgehead atoms. The van der Waals surface area contributed by atoms with Crippen LogP contribution >= 0.6 is 12.2 Å². The number of ether oxygens (including phenoxy) is 2. The molecule has 0 saturated carbocycles. The van der Waals surface area contributed by atoms with E-state index in [-0.39, 0.29) is 18.9 Å². The normalized spacial score (nSPS) is 19.1. The molecule has 4 heterocycles. The van der Waals surface area contributed by atoms with E-state index in [2.05, 4.69) is 63.1 Å². The molecule has 0 amide bonds. The van der Waals surface area contributed by atoms with Crippen LogP contribution in [-0.4, -0.2) is 21.5 Å². The molecule has 2 atom stereocenters. The van der Waals surface area contributed by atoms with Crippen LogP contribution in [0, 0.1) is 6.92 Å². The summed E-state index contributed by atoms with van der Waals surface area (Å²) in [5.74, 6) is 1.48. The topological polar surface area (TPSA) is 51.6 Å². The van der Waals surface area contributed by atoms with Crippen LogP contribution in [0.5, 0.6) is 11.5 Å². The average Bonchev–Trinajstić information content (AvgIpc) is 3.56. The van der Waals surface area contributed by atoms with Gasteiger partial charge in [0.25, 0.3) is 0 Å². The van der Waals surface area contributed by atoms with Gasteiger partial charge in [0.15, 0.2) is 16.6 Å². The molecule has 0 radical (unpaired) electrons. The van der Waals surface area contributed by atoms with Gasteiger partial charge in [-0.15, -0.1) is 0 Å². The van der Waals surface area contributed by atoms with Gasteiger partial charge in [0.2, 0.25) is 6.79 Å². The number of nitrogens with zero attached hydrogens (tertiary/aromatic N) is 3. The molecule has 0 spiro atoms. The fourth-order valence-electron chi connectivity index (χ4n) is 4.69. The van der Waals surface area contributed by atoms with Crippen LogP contribution in [-0.2, 0) is 0 Å². The summed E-state index contributed by atoms with van der Waals surface area (Å²) in [6.45, 7) is 2.36. The second-order valence-electron chi connectivity index (χ2n) is 8.10. The monoisotopic (exact) mass is 454 g/mol. The van der Waals surface area contributed by atoms with Gasteiger partial charge >= 0.3 is 0 Å². The lowest BCUT2D eigenvalue weighted by molar-refractivity contribution is 0.174. The van der Waals surface area contributed by atoms with Crippen LogP contribution in [0.4, 0.5) is 5.69 Å². The maximum atomic E-state index is 5.88. The Labute approximate surface area is 197 Å². The zero-order chi connectivity index (χ0) is 22.4. The van der Waals surface area contributed by atoms with Gasteiger partial charge in [-0.05, 0) is 67.7 Å². The summed E-state index contributed by atoms with van der Waals surface area (Å²) in [4.78, 5) is 6.82. The van der Waals surface area contributed by atoms with E-state index in [4.69, 9.17) is 21.7 Å². The molecule has 1 N–H and O–H groups in total. The van der Waals surface area contributed by atoms with Crippen LogP contribution in [0.15, 0.2) is 85.1 Å². The Morgan fingerprint density at radius 3 is 2.55 bits per heavy atom. The third-order valence-electron chi connectivity index (χ3n) is 6.16. The molecule has 1 saturated heterocycles. The Morgan fingerprint density at radius 1 is 0.909 bits per heavy atom. The van der Waals surface area contributed by atoms with Crippen molar-refractivity contribution in [2.45, 2.75) is 19.0 Å². The third-order valence-corrected chi connectivity index (χ3v) is 6.47. The zero-order valence-electron chi connectivity index (χ0n) is 18.0. The number of hydrogen-bond donors (Lipinski definition) is 1. The van der Waals surface area contributed by atoms with E-state index in [1.807, 2.05) is 48.7 Å². The summed E-state index contributed by atoms with van der Waals surface area (Å²) < 4.78 is 13.5. The molecule has 4 aromatic rings. The van der Waals surface area contributed by atoms with Gasteiger partial charge < -0.3 is 24.3 Å². The number of pyridine rings is 1. The SMILES string of the molecule is Cc1ccc(C2C(c3ccccn3)NC(=S)N2c2ccc3c(c2)OCO3)n1-c1ccccc1. The molecular weight excluding hydrogens is 432 g/mol. The molecule has 164 valence electrons. The molecule has 1 fully saturated rings. The predicted molar refractivity (Wildman–Crippen MR) is 131 cm³/mol. The largest absolute Gasteiger partial charge is 0.454 e. The highest BCUT2D eigenvalue weighted by Crippen LogP contribution is 2.45. The van der Waals surface area contributed by atoms with Gasteiger partial charge in [-0.3, -0.25) is 4.98 Å². The summed E-state index contributed by atoms with van der Waals surface area (Å²) in [6.07, 6.45) is 1.82. The minimum Gasteiger partial charge on any atom is -0.454 e. The Bertz CT molecular complexity index is 1320. The summed E-state index contributed by atoms with van der Waals surface area (Å²) in [7, 11) is 0. The number of para-hydroxylation sites is 1. The molecule has 2 unspecified atom stereocenters. The summed E-state index contributed by atoms with van der Waals surface area (Å²) in [5.41, 5.74) is 5.27. The fourth-order valence-corrected chi connectivity index (χ4v) is 5.03. The molecular formula is C26H22N4O2S. The van der Waals surface area contributed by atoms with Gasteiger partial charge in [-0.1, -0.05) is 24.3 Å². The quantitative estimate of drug-likeness (QED) is 0.434. The summed E-state index contributed by atoms with van der Waals surface area (Å²) >= 11 is 5.88. The summed E-state index contributed by atoms with van der Waals surface area (Å²) in [5, 5.41) is 4.18. The number of benzene rings is 2. The van der Waals surface area contributed by atoms with Crippen LogP contribution in [0.3, 0.4) is 0 Å². The van der Waals surface area contributed by atoms with E-state index >= 15 is 0 Å². The lowest BCUT2D eigenvalue weighted by Gasteiger charge is -2.29. The number of rotatable bonds is 4. The van der Waals surface area contributed by atoms with E-state index in [1.54, 1.807) is 0 Å². The zero-order valence-corrected chi connectivity index (χ0v) is 18.8. The predicted octanol–water partition coefficient (Wildman–Crippen LogP) is 5.09. The van der Waals surface area contributed by atoms with Crippen molar-refractivity contribution < 1.29 is 9.47 Å². The second-order valence-corrected chi connectivity index (χ2v) is 8.49. The smallest absolute Gasteiger partial charge is 0.231 e. The lowest BCUT2D eigenvalue weighted by Crippen LogP contribution is -2.30. The van der Waals surface area contributed by atoms with Crippen LogP contribution in [0.25, 0.3) is 5.69 Å². The molecule has 6 rings (SSSR count). The molecule has 33 heavy (non-hydrogen) atoms. The second kappa shape index (κ2) is 7.94. The third kappa shape index (κ3) is 3.32. The first-order valence-electron chi connectivity index (χ1n) is 10.8. The van der Waals surface area contributed by atoms with Crippen molar-refractivity contribution in [1.29, 1.82) is 0 Å². The highest BCUT2D eigenvalue weighted by molar-refractivity contribution is 7.80. The molecule has 2 aromatic heterocycles. The fraction of sp³-hybridized carbons (Fsp3) is 0.154. The van der Waals surface area contributed by atoms with Crippen LogP contribution in [0.2, 0.25) is 0 Å². The number of fused-ring (bicyclic) bond motifs is 1. The Balaban J connectivity index is 1.53. The number of nitrogens with one attached hydrogen (secondary N) is 1. The highest BCUT2D eigenvalue weighted by Gasteiger charge is 2.42. The van der Waals surface area contributed by atoms with Crippen molar-refractivity contribution in [2.24, 2.45) is 0 Å². The van der Waals surface area contributed by atoms with Crippen LogP contribution < -0.4 is 19.7 Å². The standard InChI is InChI=1S/C26H22N4O2S/c1-17-10-12-21(29(17)18-7-3-2-4-8-18)25-24(20-9-5-6-14-27-20)28-26(33)30(25)19-11-13-22-23(15-19)32-16-31-22/h2-15,24-25H,16H2,1H3,(H,28,33). The number of aryl methyl sites for hydroxylation is 1. The minimum atomic E-state index is -0.124. The van der Waals surface area contributed by atoms with E-state index in [0.717, 1.165) is 40.0 Å². The molecule has 2 aliphatic rings. The maximum Gasteiger partial charge on any atom is 0.231 e. The number of anilines is 1. The Kier molecular flexibility index (Phi) is 4.77. The maximum absolute atomic E-state index is 5.88. The van der Waals surface area contributed by atoms with Crippen molar-refractivity contribution >= 4 is 23.0 Å².